The lowest BCUT2D eigenvalue weighted by Gasteiger charge is -2.31. The van der Waals surface area contributed by atoms with Gasteiger partial charge in [0.05, 0.1) is 10.4 Å². The first-order chi connectivity index (χ1) is 16.1. The van der Waals surface area contributed by atoms with Crippen LogP contribution in [0.2, 0.25) is 0 Å². The maximum Gasteiger partial charge on any atom is 0.420 e. The average molecular weight is 486 g/mol. The Kier molecular flexibility index (Phi) is 6.69. The van der Waals surface area contributed by atoms with E-state index in [-0.39, 0.29) is 28.3 Å². The van der Waals surface area contributed by atoms with Crippen molar-refractivity contribution in [2.24, 2.45) is 5.92 Å². The van der Waals surface area contributed by atoms with Gasteiger partial charge in [0.1, 0.15) is 0 Å². The molecule has 0 atom stereocenters. The summed E-state index contributed by atoms with van der Waals surface area (Å²) in [7, 11) is -1.95. The van der Waals surface area contributed by atoms with Gasteiger partial charge in [0.2, 0.25) is 15.9 Å². The number of carbonyl (C=O) groups is 1. The molecule has 3 aromatic rings. The molecule has 1 aliphatic heterocycles. The topological polar surface area (TPSA) is 92.8 Å². The van der Waals surface area contributed by atoms with Crippen molar-refractivity contribution in [2.45, 2.75) is 51.0 Å². The molecule has 0 saturated carbocycles. The zero-order valence-electron chi connectivity index (χ0n) is 20.0. The number of sulfonamides is 1. The molecule has 9 heteroatoms. The predicted molar refractivity (Wildman–Crippen MR) is 132 cm³/mol. The average Bonchev–Trinajstić information content (AvgIpc) is 3.14. The van der Waals surface area contributed by atoms with Gasteiger partial charge in [-0.15, -0.1) is 0 Å². The molecular formula is C25H31N3O5S. The van der Waals surface area contributed by atoms with Gasteiger partial charge in [0.15, 0.2) is 5.58 Å². The number of amides is 1. The van der Waals surface area contributed by atoms with E-state index in [0.29, 0.717) is 37.9 Å². The number of piperidine rings is 1. The third kappa shape index (κ3) is 4.67. The zero-order chi connectivity index (χ0) is 24.6. The van der Waals surface area contributed by atoms with Crippen LogP contribution in [0.1, 0.15) is 44.7 Å². The summed E-state index contributed by atoms with van der Waals surface area (Å²) in [5.74, 6) is -0.339. The summed E-state index contributed by atoms with van der Waals surface area (Å²) in [6, 6.07) is 12.3. The van der Waals surface area contributed by atoms with Crippen LogP contribution < -0.4 is 10.7 Å². The van der Waals surface area contributed by atoms with Crippen molar-refractivity contribution in [3.63, 3.8) is 0 Å². The largest absolute Gasteiger partial charge is 0.420 e. The van der Waals surface area contributed by atoms with Gasteiger partial charge < -0.3 is 9.32 Å². The molecule has 1 fully saturated rings. The first-order valence-corrected chi connectivity index (χ1v) is 13.0. The van der Waals surface area contributed by atoms with Gasteiger partial charge in [-0.05, 0) is 63.8 Å². The van der Waals surface area contributed by atoms with E-state index in [2.05, 4.69) is 0 Å². The number of carbonyl (C=O) groups excluding carboxylic acids is 1. The van der Waals surface area contributed by atoms with Crippen LogP contribution in [0.3, 0.4) is 0 Å². The van der Waals surface area contributed by atoms with Gasteiger partial charge in [-0.3, -0.25) is 9.36 Å². The van der Waals surface area contributed by atoms with Crippen LogP contribution in [0.5, 0.6) is 0 Å². The number of oxazole rings is 1. The summed E-state index contributed by atoms with van der Waals surface area (Å²) in [5, 5.41) is 0. The summed E-state index contributed by atoms with van der Waals surface area (Å²) in [6.45, 7) is 6.44. The maximum atomic E-state index is 13.2. The highest BCUT2D eigenvalue weighted by Gasteiger charge is 2.31. The van der Waals surface area contributed by atoms with E-state index < -0.39 is 15.8 Å². The Morgan fingerprint density at radius 2 is 1.76 bits per heavy atom. The van der Waals surface area contributed by atoms with Crippen LogP contribution in [-0.4, -0.2) is 43.3 Å². The number of anilines is 1. The molecule has 2 heterocycles. The van der Waals surface area contributed by atoms with Crippen LogP contribution in [0.15, 0.2) is 56.6 Å². The normalized spacial score (nSPS) is 15.8. The number of rotatable bonds is 6. The lowest BCUT2D eigenvalue weighted by atomic mass is 9.94. The van der Waals surface area contributed by atoms with Crippen molar-refractivity contribution in [1.82, 2.24) is 8.87 Å². The molecule has 182 valence electrons. The first-order valence-electron chi connectivity index (χ1n) is 11.6. The molecule has 0 radical (unpaired) electrons. The standard InChI is InChI=1S/C25H31N3O5S/c1-17(2)28-22-10-9-21(16-23(22)33-25(28)30)34(31,32)27-13-11-19(12-14-27)15-24(29)26(4)20-7-5-18(3)6-8-20/h5-10,16-17,19H,11-15H2,1-4H3. The Balaban J connectivity index is 1.41. The second-order valence-electron chi connectivity index (χ2n) is 9.30. The SMILES string of the molecule is Cc1ccc(N(C)C(=O)CC2CCN(S(=O)(=O)c3ccc4c(c3)oc(=O)n4C(C)C)CC2)cc1. The molecule has 1 aromatic heterocycles. The fraction of sp³-hybridized carbons (Fsp3) is 0.440. The quantitative estimate of drug-likeness (QED) is 0.527. The number of nitrogens with zero attached hydrogens (tertiary/aromatic N) is 3. The van der Waals surface area contributed by atoms with Crippen LogP contribution in [0.25, 0.3) is 11.1 Å². The summed E-state index contributed by atoms with van der Waals surface area (Å²) in [4.78, 5) is 26.7. The van der Waals surface area contributed by atoms with Crippen LogP contribution in [0, 0.1) is 12.8 Å². The van der Waals surface area contributed by atoms with Crippen molar-refractivity contribution in [1.29, 1.82) is 0 Å². The van der Waals surface area contributed by atoms with Crippen LogP contribution in [-0.2, 0) is 14.8 Å². The van der Waals surface area contributed by atoms with Gasteiger partial charge in [-0.2, -0.15) is 4.31 Å². The second kappa shape index (κ2) is 9.38. The molecule has 0 aliphatic carbocycles. The molecule has 2 aromatic carbocycles. The number of hydrogen-bond acceptors (Lipinski definition) is 5. The molecule has 34 heavy (non-hydrogen) atoms. The lowest BCUT2D eigenvalue weighted by molar-refractivity contribution is -0.119. The van der Waals surface area contributed by atoms with Crippen LogP contribution >= 0.6 is 0 Å². The zero-order valence-corrected chi connectivity index (χ0v) is 20.8. The van der Waals surface area contributed by atoms with E-state index in [1.54, 1.807) is 18.0 Å². The number of benzene rings is 2. The van der Waals surface area contributed by atoms with Gasteiger partial charge in [0, 0.05) is 44.4 Å². The molecule has 4 rings (SSSR count). The minimum absolute atomic E-state index is 0.0281. The second-order valence-corrected chi connectivity index (χ2v) is 11.2. The number of fused-ring (bicyclic) bond motifs is 1. The Hall–Kier alpha value is -2.91. The van der Waals surface area contributed by atoms with E-state index in [4.69, 9.17) is 4.42 Å². The summed E-state index contributed by atoms with van der Waals surface area (Å²) < 4.78 is 34.7. The fourth-order valence-corrected chi connectivity index (χ4v) is 5.95. The van der Waals surface area contributed by atoms with E-state index in [1.807, 2.05) is 45.0 Å². The highest BCUT2D eigenvalue weighted by atomic mass is 32.2. The van der Waals surface area contributed by atoms with E-state index in [9.17, 15) is 18.0 Å². The Bertz CT molecular complexity index is 1350. The molecule has 0 N–H and O–H groups in total. The Morgan fingerprint density at radius 1 is 1.12 bits per heavy atom. The van der Waals surface area contributed by atoms with Crippen molar-refractivity contribution >= 4 is 32.7 Å². The van der Waals surface area contributed by atoms with E-state index in [0.717, 1.165) is 11.3 Å². The van der Waals surface area contributed by atoms with Gasteiger partial charge in [-0.25, -0.2) is 13.2 Å². The molecule has 1 amide bonds. The Labute approximate surface area is 199 Å². The fourth-order valence-electron chi connectivity index (χ4n) is 4.47. The van der Waals surface area contributed by atoms with Gasteiger partial charge in [-0.1, -0.05) is 17.7 Å². The third-order valence-corrected chi connectivity index (χ3v) is 8.47. The van der Waals surface area contributed by atoms with Crippen molar-refractivity contribution in [3.05, 3.63) is 58.6 Å². The number of aromatic nitrogens is 1. The minimum atomic E-state index is -3.73. The van der Waals surface area contributed by atoms with Gasteiger partial charge >= 0.3 is 5.76 Å². The lowest BCUT2D eigenvalue weighted by Crippen LogP contribution is -2.39. The van der Waals surface area contributed by atoms with Crippen molar-refractivity contribution in [2.75, 3.05) is 25.0 Å². The van der Waals surface area contributed by atoms with Crippen molar-refractivity contribution in [3.8, 4) is 0 Å². The maximum absolute atomic E-state index is 13.2. The number of aryl methyl sites for hydroxylation is 1. The Morgan fingerprint density at radius 3 is 2.38 bits per heavy atom. The van der Waals surface area contributed by atoms with Gasteiger partial charge in [0.25, 0.3) is 0 Å². The van der Waals surface area contributed by atoms with E-state index in [1.165, 1.54) is 21.0 Å². The molecule has 1 saturated heterocycles. The highest BCUT2D eigenvalue weighted by molar-refractivity contribution is 7.89. The van der Waals surface area contributed by atoms with Crippen molar-refractivity contribution < 1.29 is 17.6 Å². The van der Waals surface area contributed by atoms with Crippen LogP contribution in [0.4, 0.5) is 5.69 Å². The molecular weight excluding hydrogens is 454 g/mol. The molecule has 0 spiro atoms. The molecule has 1 aliphatic rings. The summed E-state index contributed by atoms with van der Waals surface area (Å²) in [6.07, 6.45) is 1.62. The monoisotopic (exact) mass is 485 g/mol. The number of hydrogen-bond donors (Lipinski definition) is 0. The third-order valence-electron chi connectivity index (χ3n) is 6.57. The summed E-state index contributed by atoms with van der Waals surface area (Å²) in [5.41, 5.74) is 2.83. The molecule has 8 nitrogen and oxygen atoms in total. The predicted octanol–water partition coefficient (Wildman–Crippen LogP) is 3.94. The highest BCUT2D eigenvalue weighted by Crippen LogP contribution is 2.28. The smallest absolute Gasteiger partial charge is 0.408 e. The molecule has 0 bridgehead atoms. The first kappa shape index (κ1) is 24.2. The van der Waals surface area contributed by atoms with E-state index >= 15 is 0 Å². The summed E-state index contributed by atoms with van der Waals surface area (Å²) >= 11 is 0. The molecule has 0 unspecified atom stereocenters. The minimum Gasteiger partial charge on any atom is -0.408 e.